The van der Waals surface area contributed by atoms with E-state index in [-0.39, 0.29) is 24.0 Å². The van der Waals surface area contributed by atoms with Crippen LogP contribution in [0.4, 0.5) is 5.69 Å². The predicted octanol–water partition coefficient (Wildman–Crippen LogP) is 3.49. The van der Waals surface area contributed by atoms with Gasteiger partial charge in [0, 0.05) is 50.8 Å². The summed E-state index contributed by atoms with van der Waals surface area (Å²) in [7, 11) is 1.82. The highest BCUT2D eigenvalue weighted by Crippen LogP contribution is 2.19. The molecule has 4 rings (SSSR count). The fourth-order valence-corrected chi connectivity index (χ4v) is 3.73. The van der Waals surface area contributed by atoms with Gasteiger partial charge in [-0.1, -0.05) is 48.5 Å². The number of aliphatic imine (C=N–C) groups is 1. The molecule has 1 aromatic heterocycles. The minimum Gasteiger partial charge on any atom is -0.369 e. The fourth-order valence-electron chi connectivity index (χ4n) is 3.73. The van der Waals surface area contributed by atoms with Crippen molar-refractivity contribution in [3.63, 3.8) is 0 Å². The standard InChI is InChI=1S/C23H28N6.HI/c1-24-23(27-20-12-14-28(18-20)21-10-6-3-7-11-21)26-16-22-25-13-15-29(22)17-19-8-4-2-5-9-19;/h2-11,13,15,20H,12,14,16-18H2,1H3,(H2,24,26,27);1H. The molecule has 3 aromatic rings. The van der Waals surface area contributed by atoms with Crippen LogP contribution in [0.2, 0.25) is 0 Å². The number of aromatic nitrogens is 2. The second-order valence-electron chi connectivity index (χ2n) is 7.29. The van der Waals surface area contributed by atoms with E-state index in [4.69, 9.17) is 0 Å². The zero-order chi connectivity index (χ0) is 19.9. The summed E-state index contributed by atoms with van der Waals surface area (Å²) in [5.74, 6) is 1.81. The average Bonchev–Trinajstić information content (AvgIpc) is 3.42. The molecule has 0 spiro atoms. The SMILES string of the molecule is CN=C(NCc1nccn1Cc1ccccc1)NC1CCN(c2ccccc2)C1.I. The van der Waals surface area contributed by atoms with Crippen molar-refractivity contribution >= 4 is 35.6 Å². The number of halogens is 1. The number of benzene rings is 2. The fraction of sp³-hybridized carbons (Fsp3) is 0.304. The Morgan fingerprint density at radius 3 is 2.57 bits per heavy atom. The number of hydrogen-bond donors (Lipinski definition) is 2. The Balaban J connectivity index is 0.00000256. The van der Waals surface area contributed by atoms with E-state index in [2.05, 4.69) is 84.7 Å². The zero-order valence-electron chi connectivity index (χ0n) is 17.2. The Morgan fingerprint density at radius 1 is 1.10 bits per heavy atom. The number of nitrogens with one attached hydrogen (secondary N) is 2. The van der Waals surface area contributed by atoms with Crippen molar-refractivity contribution in [3.8, 4) is 0 Å². The van der Waals surface area contributed by atoms with Gasteiger partial charge in [-0.3, -0.25) is 4.99 Å². The van der Waals surface area contributed by atoms with Crippen LogP contribution in [0.25, 0.3) is 0 Å². The molecule has 0 radical (unpaired) electrons. The highest BCUT2D eigenvalue weighted by Gasteiger charge is 2.23. The summed E-state index contributed by atoms with van der Waals surface area (Å²) in [4.78, 5) is 11.3. The molecule has 1 saturated heterocycles. The summed E-state index contributed by atoms with van der Waals surface area (Å²) in [6.07, 6.45) is 4.97. The first kappa shape index (κ1) is 22.1. The van der Waals surface area contributed by atoms with Crippen LogP contribution in [0.5, 0.6) is 0 Å². The van der Waals surface area contributed by atoms with E-state index in [0.29, 0.717) is 12.6 Å². The molecule has 158 valence electrons. The molecule has 6 nitrogen and oxygen atoms in total. The third kappa shape index (κ3) is 5.75. The van der Waals surface area contributed by atoms with Gasteiger partial charge >= 0.3 is 0 Å². The van der Waals surface area contributed by atoms with Gasteiger partial charge in [-0.05, 0) is 24.1 Å². The van der Waals surface area contributed by atoms with E-state index in [9.17, 15) is 0 Å². The number of hydrogen-bond acceptors (Lipinski definition) is 3. The molecule has 0 aliphatic carbocycles. The molecule has 1 unspecified atom stereocenters. The molecule has 1 fully saturated rings. The Hall–Kier alpha value is -2.55. The lowest BCUT2D eigenvalue weighted by atomic mass is 10.2. The van der Waals surface area contributed by atoms with Crippen molar-refractivity contribution in [1.82, 2.24) is 20.2 Å². The summed E-state index contributed by atoms with van der Waals surface area (Å²) >= 11 is 0. The minimum absolute atomic E-state index is 0. The molecule has 1 atom stereocenters. The lowest BCUT2D eigenvalue weighted by molar-refractivity contribution is 0.635. The van der Waals surface area contributed by atoms with Gasteiger partial charge in [-0.25, -0.2) is 4.98 Å². The number of nitrogens with zero attached hydrogens (tertiary/aromatic N) is 4. The van der Waals surface area contributed by atoms with Crippen LogP contribution in [0, 0.1) is 0 Å². The summed E-state index contributed by atoms with van der Waals surface area (Å²) in [5.41, 5.74) is 2.55. The molecule has 2 aromatic carbocycles. The van der Waals surface area contributed by atoms with E-state index in [1.54, 1.807) is 0 Å². The van der Waals surface area contributed by atoms with Gasteiger partial charge in [0.15, 0.2) is 5.96 Å². The summed E-state index contributed by atoms with van der Waals surface area (Å²) < 4.78 is 2.17. The highest BCUT2D eigenvalue weighted by atomic mass is 127. The van der Waals surface area contributed by atoms with Gasteiger partial charge < -0.3 is 20.1 Å². The summed E-state index contributed by atoms with van der Waals surface area (Å²) in [6, 6.07) is 21.4. The predicted molar refractivity (Wildman–Crippen MR) is 134 cm³/mol. The van der Waals surface area contributed by atoms with E-state index in [1.807, 2.05) is 25.5 Å². The third-order valence-corrected chi connectivity index (χ3v) is 5.29. The maximum absolute atomic E-state index is 4.51. The molecular formula is C23H29IN6. The first-order valence-electron chi connectivity index (χ1n) is 10.1. The van der Waals surface area contributed by atoms with Gasteiger partial charge in [0.1, 0.15) is 5.82 Å². The maximum Gasteiger partial charge on any atom is 0.191 e. The van der Waals surface area contributed by atoms with E-state index in [0.717, 1.165) is 37.8 Å². The van der Waals surface area contributed by atoms with Crippen LogP contribution in [-0.4, -0.2) is 41.7 Å². The molecule has 0 saturated carbocycles. The maximum atomic E-state index is 4.51. The summed E-state index contributed by atoms with van der Waals surface area (Å²) in [5, 5.41) is 6.97. The molecule has 0 amide bonds. The van der Waals surface area contributed by atoms with E-state index < -0.39 is 0 Å². The molecule has 1 aliphatic rings. The third-order valence-electron chi connectivity index (χ3n) is 5.29. The lowest BCUT2D eigenvalue weighted by Gasteiger charge is -2.20. The second-order valence-corrected chi connectivity index (χ2v) is 7.29. The van der Waals surface area contributed by atoms with Crippen LogP contribution < -0.4 is 15.5 Å². The molecule has 1 aliphatic heterocycles. The second kappa shape index (κ2) is 11.0. The van der Waals surface area contributed by atoms with Gasteiger partial charge in [-0.15, -0.1) is 24.0 Å². The van der Waals surface area contributed by atoms with Gasteiger partial charge in [0.05, 0.1) is 6.54 Å². The topological polar surface area (TPSA) is 57.5 Å². The molecule has 2 heterocycles. The molecular weight excluding hydrogens is 487 g/mol. The average molecular weight is 516 g/mol. The van der Waals surface area contributed by atoms with Gasteiger partial charge in [-0.2, -0.15) is 0 Å². The Bertz CT molecular complexity index is 925. The van der Waals surface area contributed by atoms with Crippen molar-refractivity contribution in [1.29, 1.82) is 0 Å². The Morgan fingerprint density at radius 2 is 1.83 bits per heavy atom. The van der Waals surface area contributed by atoms with Crippen molar-refractivity contribution in [3.05, 3.63) is 84.4 Å². The van der Waals surface area contributed by atoms with Crippen molar-refractivity contribution < 1.29 is 0 Å². The molecule has 2 N–H and O–H groups in total. The van der Waals surface area contributed by atoms with Gasteiger partial charge in [0.2, 0.25) is 0 Å². The highest BCUT2D eigenvalue weighted by molar-refractivity contribution is 14.0. The van der Waals surface area contributed by atoms with Crippen molar-refractivity contribution in [2.75, 3.05) is 25.0 Å². The largest absolute Gasteiger partial charge is 0.369 e. The van der Waals surface area contributed by atoms with Crippen molar-refractivity contribution in [2.45, 2.75) is 25.6 Å². The number of anilines is 1. The zero-order valence-corrected chi connectivity index (χ0v) is 19.6. The Kier molecular flexibility index (Phi) is 8.12. The van der Waals surface area contributed by atoms with Gasteiger partial charge in [0.25, 0.3) is 0 Å². The monoisotopic (exact) mass is 516 g/mol. The van der Waals surface area contributed by atoms with Crippen LogP contribution in [0.15, 0.2) is 78.0 Å². The van der Waals surface area contributed by atoms with Crippen LogP contribution in [0.1, 0.15) is 17.8 Å². The Labute approximate surface area is 195 Å². The first-order chi connectivity index (χ1) is 14.3. The quantitative estimate of drug-likeness (QED) is 0.299. The number of rotatable bonds is 6. The lowest BCUT2D eigenvalue weighted by Crippen LogP contribution is -2.44. The number of imidazole rings is 1. The van der Waals surface area contributed by atoms with Crippen LogP contribution in [-0.2, 0) is 13.1 Å². The van der Waals surface area contributed by atoms with Crippen LogP contribution >= 0.6 is 24.0 Å². The van der Waals surface area contributed by atoms with Crippen molar-refractivity contribution in [2.24, 2.45) is 4.99 Å². The van der Waals surface area contributed by atoms with E-state index in [1.165, 1.54) is 11.3 Å². The first-order valence-corrected chi connectivity index (χ1v) is 10.1. The molecule has 30 heavy (non-hydrogen) atoms. The molecule has 0 bridgehead atoms. The normalized spacial score (nSPS) is 16.2. The number of para-hydroxylation sites is 1. The summed E-state index contributed by atoms with van der Waals surface area (Å²) in [6.45, 7) is 3.49. The number of guanidine groups is 1. The minimum atomic E-state index is 0. The smallest absolute Gasteiger partial charge is 0.191 e. The molecule has 7 heteroatoms. The van der Waals surface area contributed by atoms with E-state index >= 15 is 0 Å². The van der Waals surface area contributed by atoms with Crippen LogP contribution in [0.3, 0.4) is 0 Å².